The second-order valence-electron chi connectivity index (χ2n) is 8.63. The summed E-state index contributed by atoms with van der Waals surface area (Å²) in [5.74, 6) is -1.46. The zero-order valence-electron chi connectivity index (χ0n) is 20.5. The molecule has 0 aliphatic rings. The number of anilines is 2. The van der Waals surface area contributed by atoms with Gasteiger partial charge in [-0.3, -0.25) is 9.89 Å². The number of H-pyrrole nitrogens is 1. The van der Waals surface area contributed by atoms with Crippen molar-refractivity contribution >= 4 is 28.4 Å². The van der Waals surface area contributed by atoms with Gasteiger partial charge in [0.2, 0.25) is 5.69 Å². The van der Waals surface area contributed by atoms with Crippen LogP contribution in [0.15, 0.2) is 72.9 Å². The fourth-order valence-electron chi connectivity index (χ4n) is 3.86. The summed E-state index contributed by atoms with van der Waals surface area (Å²) in [5.41, 5.74) is 0.856. The number of hydrogen-bond donors (Lipinski definition) is 4. The van der Waals surface area contributed by atoms with Gasteiger partial charge in [0.15, 0.2) is 23.0 Å². The highest BCUT2D eigenvalue weighted by Gasteiger charge is 2.21. The summed E-state index contributed by atoms with van der Waals surface area (Å²) in [6.07, 6.45) is 1.47. The predicted octanol–water partition coefficient (Wildman–Crippen LogP) is 4.37. The topological polar surface area (TPSA) is 139 Å². The molecule has 10 nitrogen and oxygen atoms in total. The molecule has 4 N–H and O–H groups in total. The Morgan fingerprint density at radius 2 is 1.92 bits per heavy atom. The number of hydrogen-bond acceptors (Lipinski definition) is 7. The Bertz CT molecular complexity index is 1660. The molecule has 5 rings (SSSR count). The number of halogens is 2. The molecule has 0 saturated carbocycles. The molecule has 0 radical (unpaired) electrons. The molecule has 5 aromatic rings. The summed E-state index contributed by atoms with van der Waals surface area (Å²) >= 11 is 0. The van der Waals surface area contributed by atoms with E-state index in [9.17, 15) is 19.5 Å². The number of nitrogens with zero attached hydrogens (tertiary/aromatic N) is 3. The van der Waals surface area contributed by atoms with Gasteiger partial charge in [0.1, 0.15) is 17.0 Å². The first-order valence-corrected chi connectivity index (χ1v) is 11.8. The van der Waals surface area contributed by atoms with Crippen LogP contribution in [0.3, 0.4) is 0 Å². The molecule has 0 aliphatic carbocycles. The van der Waals surface area contributed by atoms with Gasteiger partial charge in [-0.25, -0.2) is 13.8 Å². The third-order valence-corrected chi connectivity index (χ3v) is 5.81. The minimum absolute atomic E-state index is 0.0966. The molecule has 0 spiro atoms. The van der Waals surface area contributed by atoms with E-state index >= 15 is 4.39 Å². The number of carbonyl (C=O) groups is 1. The van der Waals surface area contributed by atoms with Crippen LogP contribution in [0.25, 0.3) is 22.3 Å². The van der Waals surface area contributed by atoms with Gasteiger partial charge < -0.3 is 25.7 Å². The average molecular weight is 533 g/mol. The third kappa shape index (κ3) is 5.31. The van der Waals surface area contributed by atoms with E-state index in [1.165, 1.54) is 60.8 Å². The van der Waals surface area contributed by atoms with Crippen LogP contribution in [0.4, 0.5) is 20.3 Å². The van der Waals surface area contributed by atoms with Crippen molar-refractivity contribution < 1.29 is 28.1 Å². The Hall–Kier alpha value is -5.10. The van der Waals surface area contributed by atoms with Crippen molar-refractivity contribution in [3.05, 3.63) is 95.5 Å². The number of aromatic amines is 1. The number of carbonyl (C=O) groups excluding carboxylic acids is 1. The van der Waals surface area contributed by atoms with Gasteiger partial charge in [-0.05, 0) is 49.4 Å². The lowest BCUT2D eigenvalue weighted by Crippen LogP contribution is -2.38. The first kappa shape index (κ1) is 25.5. The molecule has 198 valence electrons. The Balaban J connectivity index is 1.36. The van der Waals surface area contributed by atoms with Crippen molar-refractivity contribution in [3.8, 4) is 22.8 Å². The summed E-state index contributed by atoms with van der Waals surface area (Å²) in [4.78, 5) is 17.0. The minimum Gasteiger partial charge on any atom is -0.618 e. The fraction of sp³-hybridized carbons (Fsp3) is 0.111. The lowest BCUT2D eigenvalue weighted by atomic mass is 10.1. The van der Waals surface area contributed by atoms with Crippen molar-refractivity contribution in [3.63, 3.8) is 0 Å². The number of rotatable bonds is 8. The average Bonchev–Trinajstić information content (AvgIpc) is 3.34. The molecule has 0 fully saturated rings. The summed E-state index contributed by atoms with van der Waals surface area (Å²) in [7, 11) is 0. The first-order valence-electron chi connectivity index (χ1n) is 11.8. The van der Waals surface area contributed by atoms with Crippen molar-refractivity contribution in [1.29, 1.82) is 0 Å². The molecule has 0 aliphatic heterocycles. The van der Waals surface area contributed by atoms with Crippen molar-refractivity contribution in [1.82, 2.24) is 15.2 Å². The number of aliphatic hydroxyl groups excluding tert-OH is 1. The number of amides is 1. The highest BCUT2D eigenvalue weighted by atomic mass is 19.1. The van der Waals surface area contributed by atoms with E-state index in [-0.39, 0.29) is 41.2 Å². The van der Waals surface area contributed by atoms with Crippen LogP contribution in [0.2, 0.25) is 0 Å². The lowest BCUT2D eigenvalue weighted by molar-refractivity contribution is -0.595. The normalized spacial score (nSPS) is 11.8. The molecule has 1 amide bonds. The van der Waals surface area contributed by atoms with E-state index in [1.807, 2.05) is 0 Å². The van der Waals surface area contributed by atoms with Gasteiger partial charge in [-0.2, -0.15) is 9.83 Å². The third-order valence-electron chi connectivity index (χ3n) is 5.81. The molecular weight excluding hydrogens is 510 g/mol. The smallest absolute Gasteiger partial charge is 0.321 e. The molecule has 12 heteroatoms. The van der Waals surface area contributed by atoms with Crippen molar-refractivity contribution in [2.45, 2.75) is 13.0 Å². The monoisotopic (exact) mass is 532 g/mol. The second kappa shape index (κ2) is 10.7. The molecule has 39 heavy (non-hydrogen) atoms. The quantitative estimate of drug-likeness (QED) is 0.172. The van der Waals surface area contributed by atoms with Crippen LogP contribution in [-0.4, -0.2) is 38.8 Å². The fourth-order valence-corrected chi connectivity index (χ4v) is 3.86. The van der Waals surface area contributed by atoms with E-state index in [0.29, 0.717) is 27.1 Å². The van der Waals surface area contributed by atoms with E-state index in [2.05, 4.69) is 25.8 Å². The van der Waals surface area contributed by atoms with E-state index in [4.69, 9.17) is 4.74 Å². The molecule has 3 aromatic heterocycles. The number of aromatic nitrogens is 4. The van der Waals surface area contributed by atoms with Crippen LogP contribution in [0, 0.1) is 16.8 Å². The Labute approximate surface area is 220 Å². The first-order chi connectivity index (χ1) is 18.8. The summed E-state index contributed by atoms with van der Waals surface area (Å²) in [6, 6.07) is 14.7. The SMILES string of the molecule is CC(CO)Nc1n[nH]c2nccc(Oc3ccc(NC(=O)c4cccc(-c5ccc(F)cc5)[n+]4[O-])cc3F)c12. The van der Waals surface area contributed by atoms with Crippen LogP contribution >= 0.6 is 0 Å². The largest absolute Gasteiger partial charge is 0.618 e. The molecule has 1 unspecified atom stereocenters. The van der Waals surface area contributed by atoms with Crippen molar-refractivity contribution in [2.24, 2.45) is 0 Å². The number of pyridine rings is 2. The molecular formula is C27H22F2N6O4. The molecule has 1 atom stereocenters. The van der Waals surface area contributed by atoms with Gasteiger partial charge in [0.05, 0.1) is 6.61 Å². The van der Waals surface area contributed by atoms with Crippen LogP contribution in [0.5, 0.6) is 11.5 Å². The van der Waals surface area contributed by atoms with Gasteiger partial charge in [0.25, 0.3) is 5.69 Å². The Morgan fingerprint density at radius 3 is 2.67 bits per heavy atom. The van der Waals surface area contributed by atoms with Crippen LogP contribution < -0.4 is 20.1 Å². The minimum atomic E-state index is -0.769. The summed E-state index contributed by atoms with van der Waals surface area (Å²) in [6.45, 7) is 1.63. The molecule has 2 aromatic carbocycles. The number of benzene rings is 2. The Morgan fingerprint density at radius 1 is 1.13 bits per heavy atom. The highest BCUT2D eigenvalue weighted by molar-refractivity contribution is 6.02. The highest BCUT2D eigenvalue weighted by Crippen LogP contribution is 2.34. The predicted molar refractivity (Wildman–Crippen MR) is 139 cm³/mol. The molecule has 3 heterocycles. The number of ether oxygens (including phenoxy) is 1. The maximum atomic E-state index is 15.0. The second-order valence-corrected chi connectivity index (χ2v) is 8.63. The Kier molecular flexibility index (Phi) is 7.02. The summed E-state index contributed by atoms with van der Waals surface area (Å²) in [5, 5.41) is 35.1. The molecule has 0 saturated heterocycles. The molecule has 0 bridgehead atoms. The van der Waals surface area contributed by atoms with Crippen LogP contribution in [-0.2, 0) is 0 Å². The number of aliphatic hydroxyl groups is 1. The lowest BCUT2D eigenvalue weighted by Gasteiger charge is -2.13. The number of nitrogens with one attached hydrogen (secondary N) is 3. The van der Waals surface area contributed by atoms with Crippen molar-refractivity contribution in [2.75, 3.05) is 17.2 Å². The van der Waals surface area contributed by atoms with Gasteiger partial charge in [-0.15, -0.1) is 0 Å². The summed E-state index contributed by atoms with van der Waals surface area (Å²) < 4.78 is 34.5. The standard InChI is InChI=1S/C27H22F2N6O4/c1-15(14-36)31-26-24-23(11-12-30-25(24)33-34-26)39-22-10-9-18(13-19(22)29)32-27(37)21-4-2-3-20(35(21)38)16-5-7-17(28)8-6-16/h2-13,15,36H,14H2,1H3,(H,32,37)(H2,30,31,33,34). The van der Waals surface area contributed by atoms with E-state index < -0.39 is 17.5 Å². The van der Waals surface area contributed by atoms with Gasteiger partial charge in [0, 0.05) is 47.8 Å². The zero-order valence-corrected chi connectivity index (χ0v) is 20.5. The van der Waals surface area contributed by atoms with E-state index in [0.717, 1.165) is 6.07 Å². The van der Waals surface area contributed by atoms with Gasteiger partial charge >= 0.3 is 5.91 Å². The maximum absolute atomic E-state index is 15.0. The van der Waals surface area contributed by atoms with E-state index in [1.54, 1.807) is 13.0 Å². The van der Waals surface area contributed by atoms with Crippen LogP contribution in [0.1, 0.15) is 17.4 Å². The zero-order chi connectivity index (χ0) is 27.5. The van der Waals surface area contributed by atoms with Gasteiger partial charge in [-0.1, -0.05) is 0 Å². The number of fused-ring (bicyclic) bond motifs is 1. The maximum Gasteiger partial charge on any atom is 0.321 e.